The molecule has 0 N–H and O–H groups in total. The van der Waals surface area contributed by atoms with Crippen LogP contribution in [-0.4, -0.2) is 36.4 Å². The van der Waals surface area contributed by atoms with Crippen LogP contribution in [0.25, 0.3) is 0 Å². The second kappa shape index (κ2) is 7.07. The molecule has 2 aromatic heterocycles. The van der Waals surface area contributed by atoms with Crippen LogP contribution in [0.1, 0.15) is 21.4 Å². The molecule has 0 saturated heterocycles. The quantitative estimate of drug-likeness (QED) is 0.661. The highest BCUT2D eigenvalue weighted by Gasteiger charge is 2.36. The Balaban J connectivity index is 1.46. The largest absolute Gasteiger partial charge is 0.482 e. The molecule has 2 aliphatic rings. The number of fused-ring (bicyclic) bond motifs is 2. The van der Waals surface area contributed by atoms with E-state index < -0.39 is 0 Å². The Hall–Kier alpha value is -2.64. The number of anilines is 1. The smallest absolute Gasteiger partial charge is 0.265 e. The van der Waals surface area contributed by atoms with Crippen molar-refractivity contribution >= 4 is 40.2 Å². The molecule has 0 saturated carbocycles. The maximum Gasteiger partial charge on any atom is 0.265 e. The van der Waals surface area contributed by atoms with E-state index in [1.807, 2.05) is 40.6 Å². The summed E-state index contributed by atoms with van der Waals surface area (Å²) in [6.45, 7) is 0.656. The van der Waals surface area contributed by atoms with Gasteiger partial charge in [-0.1, -0.05) is 18.2 Å². The van der Waals surface area contributed by atoms with Crippen molar-refractivity contribution in [3.63, 3.8) is 0 Å². The van der Waals surface area contributed by atoms with E-state index in [9.17, 15) is 9.59 Å². The second-order valence-corrected chi connectivity index (χ2v) is 8.77. The normalized spacial score (nSPS) is 18.4. The van der Waals surface area contributed by atoms with E-state index in [0.29, 0.717) is 18.0 Å². The van der Waals surface area contributed by atoms with E-state index in [1.54, 1.807) is 27.6 Å². The number of ether oxygens (including phenoxy) is 1. The molecule has 4 heterocycles. The monoisotopic (exact) mass is 410 g/mol. The van der Waals surface area contributed by atoms with Crippen LogP contribution in [0.5, 0.6) is 5.75 Å². The van der Waals surface area contributed by atoms with Crippen molar-refractivity contribution in [2.75, 3.05) is 24.6 Å². The van der Waals surface area contributed by atoms with Crippen molar-refractivity contribution in [2.45, 2.75) is 12.5 Å². The lowest BCUT2D eigenvalue weighted by Gasteiger charge is -2.37. The number of carbonyl (C=O) groups is 2. The fourth-order valence-electron chi connectivity index (χ4n) is 3.89. The summed E-state index contributed by atoms with van der Waals surface area (Å²) < 4.78 is 5.50. The third-order valence-corrected chi connectivity index (χ3v) is 7.12. The molecule has 0 fully saturated rings. The predicted molar refractivity (Wildman–Crippen MR) is 110 cm³/mol. The highest BCUT2D eigenvalue weighted by atomic mass is 32.1. The Morgan fingerprint density at radius 3 is 2.86 bits per heavy atom. The van der Waals surface area contributed by atoms with Crippen molar-refractivity contribution in [1.29, 1.82) is 0 Å². The molecule has 2 aliphatic heterocycles. The fourth-order valence-corrected chi connectivity index (χ4v) is 5.65. The Kier molecular flexibility index (Phi) is 4.41. The van der Waals surface area contributed by atoms with E-state index in [1.165, 1.54) is 10.4 Å². The minimum absolute atomic E-state index is 0.0283. The van der Waals surface area contributed by atoms with Crippen molar-refractivity contribution in [3.8, 4) is 5.75 Å². The average Bonchev–Trinajstić information content (AvgIpc) is 3.41. The first kappa shape index (κ1) is 17.5. The molecule has 28 heavy (non-hydrogen) atoms. The summed E-state index contributed by atoms with van der Waals surface area (Å²) in [4.78, 5) is 31.8. The predicted octanol–water partition coefficient (Wildman–Crippen LogP) is 3.71. The zero-order valence-electron chi connectivity index (χ0n) is 15.0. The second-order valence-electron chi connectivity index (χ2n) is 6.79. The van der Waals surface area contributed by atoms with Gasteiger partial charge < -0.3 is 9.64 Å². The lowest BCUT2D eigenvalue weighted by molar-refractivity contribution is -0.133. The van der Waals surface area contributed by atoms with Gasteiger partial charge in [0, 0.05) is 16.3 Å². The van der Waals surface area contributed by atoms with Crippen LogP contribution in [0.2, 0.25) is 0 Å². The minimum atomic E-state index is -0.187. The summed E-state index contributed by atoms with van der Waals surface area (Å²) in [5.74, 6) is 0.414. The van der Waals surface area contributed by atoms with Crippen LogP contribution in [0, 0.1) is 0 Å². The molecule has 0 radical (unpaired) electrons. The van der Waals surface area contributed by atoms with Gasteiger partial charge in [0.05, 0.1) is 11.7 Å². The summed E-state index contributed by atoms with van der Waals surface area (Å²) in [5.41, 5.74) is 1.87. The molecule has 0 spiro atoms. The molecule has 2 amide bonds. The molecule has 0 bridgehead atoms. The Morgan fingerprint density at radius 1 is 1.11 bits per heavy atom. The summed E-state index contributed by atoms with van der Waals surface area (Å²) in [6, 6.07) is 13.5. The first-order valence-electron chi connectivity index (χ1n) is 9.13. The number of para-hydroxylation sites is 2. The molecular weight excluding hydrogens is 392 g/mol. The topological polar surface area (TPSA) is 49.9 Å². The number of rotatable bonds is 3. The SMILES string of the molecule is O=C1COc2ccccc2N1CC(=O)N1CCc2sccc2[C@H]1c1cccs1. The maximum absolute atomic E-state index is 13.4. The highest BCUT2D eigenvalue weighted by molar-refractivity contribution is 7.10. The molecule has 1 atom stereocenters. The molecule has 142 valence electrons. The Morgan fingerprint density at radius 2 is 2.00 bits per heavy atom. The van der Waals surface area contributed by atoms with Crippen molar-refractivity contribution in [1.82, 2.24) is 4.90 Å². The fraction of sp³-hybridized carbons (Fsp3) is 0.238. The van der Waals surface area contributed by atoms with Crippen LogP contribution >= 0.6 is 22.7 Å². The number of nitrogens with zero attached hydrogens (tertiary/aromatic N) is 2. The zero-order valence-corrected chi connectivity index (χ0v) is 16.7. The van der Waals surface area contributed by atoms with Crippen LogP contribution in [-0.2, 0) is 16.0 Å². The number of thiophene rings is 2. The van der Waals surface area contributed by atoms with Crippen LogP contribution in [0.15, 0.2) is 53.2 Å². The Labute approximate surface area is 170 Å². The molecule has 7 heteroatoms. The van der Waals surface area contributed by atoms with Gasteiger partial charge in [0.2, 0.25) is 5.91 Å². The van der Waals surface area contributed by atoms with E-state index in [0.717, 1.165) is 11.3 Å². The van der Waals surface area contributed by atoms with E-state index in [2.05, 4.69) is 17.5 Å². The molecule has 5 nitrogen and oxygen atoms in total. The van der Waals surface area contributed by atoms with Crippen LogP contribution in [0.3, 0.4) is 0 Å². The minimum Gasteiger partial charge on any atom is -0.482 e. The molecular formula is C21H18N2O3S2. The van der Waals surface area contributed by atoms with Gasteiger partial charge in [-0.15, -0.1) is 22.7 Å². The van der Waals surface area contributed by atoms with Gasteiger partial charge in [-0.25, -0.2) is 0 Å². The summed E-state index contributed by atoms with van der Waals surface area (Å²) in [7, 11) is 0. The van der Waals surface area contributed by atoms with E-state index in [4.69, 9.17) is 4.74 Å². The first-order valence-corrected chi connectivity index (χ1v) is 10.9. The van der Waals surface area contributed by atoms with Crippen LogP contribution < -0.4 is 9.64 Å². The Bertz CT molecular complexity index is 1030. The molecule has 3 aromatic rings. The number of hydrogen-bond acceptors (Lipinski definition) is 5. The van der Waals surface area contributed by atoms with Gasteiger partial charge in [0.1, 0.15) is 12.3 Å². The van der Waals surface area contributed by atoms with Crippen LogP contribution in [0.4, 0.5) is 5.69 Å². The van der Waals surface area contributed by atoms with E-state index in [-0.39, 0.29) is 31.0 Å². The number of carbonyl (C=O) groups excluding carboxylic acids is 2. The summed E-state index contributed by atoms with van der Waals surface area (Å²) >= 11 is 3.42. The van der Waals surface area contributed by atoms with Gasteiger partial charge in [-0.05, 0) is 47.0 Å². The number of amides is 2. The molecule has 5 rings (SSSR count). The van der Waals surface area contributed by atoms with Gasteiger partial charge >= 0.3 is 0 Å². The van der Waals surface area contributed by atoms with Crippen molar-refractivity contribution in [3.05, 3.63) is 68.5 Å². The van der Waals surface area contributed by atoms with Crippen molar-refractivity contribution < 1.29 is 14.3 Å². The molecule has 1 aromatic carbocycles. The van der Waals surface area contributed by atoms with Gasteiger partial charge in [0.25, 0.3) is 5.91 Å². The maximum atomic E-state index is 13.4. The van der Waals surface area contributed by atoms with Gasteiger partial charge in [-0.3, -0.25) is 14.5 Å². The number of benzene rings is 1. The standard InChI is InChI=1S/C21H18N2O3S2/c24-19(12-23-15-4-1-2-5-16(15)26-13-20(23)25)22-9-7-17-14(8-11-28-17)21(22)18-6-3-10-27-18/h1-6,8,10-11,21H,7,9,12-13H2/t21-/m0/s1. The summed E-state index contributed by atoms with van der Waals surface area (Å²) in [6.07, 6.45) is 0.855. The zero-order chi connectivity index (χ0) is 19.1. The van der Waals surface area contributed by atoms with Crippen molar-refractivity contribution in [2.24, 2.45) is 0 Å². The third-order valence-electron chi connectivity index (χ3n) is 5.20. The van der Waals surface area contributed by atoms with Gasteiger partial charge in [-0.2, -0.15) is 0 Å². The lowest BCUT2D eigenvalue weighted by Crippen LogP contribution is -2.48. The molecule has 0 unspecified atom stereocenters. The lowest BCUT2D eigenvalue weighted by atomic mass is 9.98. The summed E-state index contributed by atoms with van der Waals surface area (Å²) in [5, 5.41) is 4.14. The van der Waals surface area contributed by atoms with Gasteiger partial charge in [0.15, 0.2) is 6.61 Å². The molecule has 0 aliphatic carbocycles. The average molecular weight is 411 g/mol. The first-order chi connectivity index (χ1) is 13.7. The highest BCUT2D eigenvalue weighted by Crippen LogP contribution is 2.40. The van der Waals surface area contributed by atoms with E-state index >= 15 is 0 Å². The third kappa shape index (κ3) is 2.91. The number of hydrogen-bond donors (Lipinski definition) is 0.